The van der Waals surface area contributed by atoms with Gasteiger partial charge in [-0.1, -0.05) is 199 Å². The summed E-state index contributed by atoms with van der Waals surface area (Å²) in [4.78, 5) is 12.7. The molecule has 15 unspecified atom stereocenters. The van der Waals surface area contributed by atoms with Gasteiger partial charge in [-0.15, -0.1) is 0 Å². The molecule has 0 amide bonds. The molecule has 10 heteroatoms. The van der Waals surface area contributed by atoms with Crippen molar-refractivity contribution in [3.05, 3.63) is 0 Å². The van der Waals surface area contributed by atoms with Crippen molar-refractivity contribution >= 4 is 34.2 Å². The highest BCUT2D eigenvalue weighted by Crippen LogP contribution is 2.48. The van der Waals surface area contributed by atoms with Gasteiger partial charge in [-0.05, 0) is 135 Å². The van der Waals surface area contributed by atoms with E-state index in [9.17, 15) is 0 Å². The molecule has 358 valence electrons. The summed E-state index contributed by atoms with van der Waals surface area (Å²) in [6.07, 6.45) is 4.14. The predicted octanol–water partition coefficient (Wildman–Crippen LogP) is 14.1. The highest BCUT2D eigenvalue weighted by molar-refractivity contribution is 6.59. The Kier molecular flexibility index (Phi) is 25.9. The molecule has 5 rings (SSSR count). The minimum Gasteiger partial charge on any atom is -0.342 e. The zero-order chi connectivity index (χ0) is 48.6. The van der Waals surface area contributed by atoms with Crippen LogP contribution in [0.2, 0.25) is 63.2 Å². The Hall–Kier alpha value is 0.125. The molecule has 0 bridgehead atoms. The summed E-state index contributed by atoms with van der Waals surface area (Å²) >= 11 is 0. The molecule has 0 aromatic heterocycles. The maximum Gasteiger partial charge on any atom is 0.223 e. The van der Waals surface area contributed by atoms with Crippen LogP contribution in [0.15, 0.2) is 0 Å². The summed E-state index contributed by atoms with van der Waals surface area (Å²) in [7, 11) is 11.3. The quantitative estimate of drug-likeness (QED) is 0.261. The largest absolute Gasteiger partial charge is 0.342 e. The van der Waals surface area contributed by atoms with Crippen molar-refractivity contribution in [2.24, 2.45) is 40.4 Å². The maximum atomic E-state index is 2.59. The van der Waals surface area contributed by atoms with Gasteiger partial charge in [-0.25, -0.2) is 0 Å². The smallest absolute Gasteiger partial charge is 0.223 e. The van der Waals surface area contributed by atoms with Crippen LogP contribution in [0.5, 0.6) is 0 Å². The number of rotatable bonds is 4. The fraction of sp³-hybridized carbons (Fsp3) is 1.00. The van der Waals surface area contributed by atoms with E-state index in [2.05, 4.69) is 239 Å². The van der Waals surface area contributed by atoms with Crippen LogP contribution in [-0.2, 0) is 0 Å². The molecular weight excluding hydrogens is 737 g/mol. The molecule has 5 aliphatic rings. The molecule has 0 aromatic rings. The Morgan fingerprint density at radius 1 is 0.344 bits per heavy atom. The fourth-order valence-electron chi connectivity index (χ4n) is 11.5. The van der Waals surface area contributed by atoms with E-state index in [1.165, 1.54) is 19.3 Å². The Morgan fingerprint density at radius 2 is 0.541 bits per heavy atom. The van der Waals surface area contributed by atoms with E-state index in [1.807, 2.05) is 0 Å². The topological polar surface area (TPSA) is 16.2 Å². The second-order valence-electron chi connectivity index (χ2n) is 25.8. The second-order valence-corrected chi connectivity index (χ2v) is 25.8. The number of hydrogen-bond donors (Lipinski definition) is 0. The summed E-state index contributed by atoms with van der Waals surface area (Å²) < 4.78 is 0. The molecule has 5 aliphatic heterocycles. The summed E-state index contributed by atoms with van der Waals surface area (Å²) in [5.74, 6) is 8.66. The first kappa shape index (κ1) is 61.1. The van der Waals surface area contributed by atoms with Gasteiger partial charge in [0.15, 0.2) is 0 Å². The maximum absolute atomic E-state index is 2.59. The standard InChI is InChI=1S/C15H32B2N2.C10H22BN.2C8H18BN.2C5H12/c1-10-12(3)18(7)16(5)14(10)9-15-11(2)13(4)19(8)17(15)6;1-6-7-10-8(2)9(3)12(5)11(10)4;2*1-6-7(2)9(4)10(5)8(6)3;2*1-5(2,3)4/h10-15H,9H2,1-8H3;8-10H,6-7H2,1-5H3;2*6-8H,1-5H3;2*1-4H3. The van der Waals surface area contributed by atoms with Gasteiger partial charge in [-0.2, -0.15) is 0 Å². The summed E-state index contributed by atoms with van der Waals surface area (Å²) in [5, 5.41) is 0. The Balaban J connectivity index is 0.000000754. The average Bonchev–Trinajstić information content (AvgIpc) is 3.68. The molecule has 0 aromatic carbocycles. The van der Waals surface area contributed by atoms with Crippen LogP contribution in [0.3, 0.4) is 0 Å². The Labute approximate surface area is 390 Å². The van der Waals surface area contributed by atoms with Crippen molar-refractivity contribution in [1.82, 2.24) is 24.1 Å². The molecule has 0 spiro atoms. The van der Waals surface area contributed by atoms with Gasteiger partial charge in [-0.3, -0.25) is 0 Å². The van der Waals surface area contributed by atoms with Crippen LogP contribution < -0.4 is 0 Å². The first-order chi connectivity index (χ1) is 27.5. The normalized spacial score (nSPS) is 37.6. The van der Waals surface area contributed by atoms with Crippen molar-refractivity contribution in [2.45, 2.75) is 258 Å². The van der Waals surface area contributed by atoms with Crippen molar-refractivity contribution in [3.63, 3.8) is 0 Å². The lowest BCUT2D eigenvalue weighted by atomic mass is 9.43. The van der Waals surface area contributed by atoms with E-state index in [1.54, 1.807) is 0 Å². The third-order valence-corrected chi connectivity index (χ3v) is 18.5. The lowest BCUT2D eigenvalue weighted by molar-refractivity contribution is 0.322. The van der Waals surface area contributed by atoms with E-state index in [0.717, 1.165) is 123 Å². The van der Waals surface area contributed by atoms with Crippen LogP contribution in [0, 0.1) is 40.4 Å². The van der Waals surface area contributed by atoms with E-state index >= 15 is 0 Å². The molecule has 5 heterocycles. The monoisotopic (exact) mass is 852 g/mol. The van der Waals surface area contributed by atoms with Crippen LogP contribution in [-0.4, -0.2) is 124 Å². The third-order valence-electron chi connectivity index (χ3n) is 18.5. The van der Waals surface area contributed by atoms with Gasteiger partial charge >= 0.3 is 0 Å². The molecule has 0 radical (unpaired) electrons. The van der Waals surface area contributed by atoms with Crippen LogP contribution in [0.4, 0.5) is 0 Å². The second kappa shape index (κ2) is 25.9. The van der Waals surface area contributed by atoms with Crippen LogP contribution >= 0.6 is 0 Å². The van der Waals surface area contributed by atoms with Gasteiger partial charge in [0.1, 0.15) is 0 Å². The van der Waals surface area contributed by atoms with Crippen LogP contribution in [0.25, 0.3) is 0 Å². The molecule has 5 saturated heterocycles. The third kappa shape index (κ3) is 17.7. The van der Waals surface area contributed by atoms with Crippen LogP contribution in [0.1, 0.15) is 165 Å². The lowest BCUT2D eigenvalue weighted by Gasteiger charge is -2.26. The zero-order valence-electron chi connectivity index (χ0n) is 47.9. The van der Waals surface area contributed by atoms with Gasteiger partial charge in [0, 0.05) is 0 Å². The van der Waals surface area contributed by atoms with E-state index in [0.29, 0.717) is 10.8 Å². The molecule has 5 nitrogen and oxygen atoms in total. The molecule has 0 aliphatic carbocycles. The first-order valence-corrected chi connectivity index (χ1v) is 26.1. The highest BCUT2D eigenvalue weighted by Gasteiger charge is 2.49. The molecule has 0 saturated carbocycles. The predicted molar refractivity (Wildman–Crippen MR) is 290 cm³/mol. The van der Waals surface area contributed by atoms with Crippen molar-refractivity contribution in [3.8, 4) is 0 Å². The van der Waals surface area contributed by atoms with Crippen molar-refractivity contribution in [1.29, 1.82) is 0 Å². The first-order valence-electron chi connectivity index (χ1n) is 26.1. The summed E-state index contributed by atoms with van der Waals surface area (Å²) in [5.41, 5.74) is 1.00. The minimum atomic E-state index is 0.500. The number of nitrogens with zero attached hydrogens (tertiary/aromatic N) is 5. The van der Waals surface area contributed by atoms with Crippen molar-refractivity contribution < 1.29 is 0 Å². The van der Waals surface area contributed by atoms with Gasteiger partial charge < -0.3 is 24.1 Å². The molecule has 15 atom stereocenters. The minimum absolute atomic E-state index is 0.500. The molecule has 61 heavy (non-hydrogen) atoms. The van der Waals surface area contributed by atoms with Gasteiger partial charge in [0.05, 0.1) is 0 Å². The zero-order valence-corrected chi connectivity index (χ0v) is 47.9. The molecule has 5 fully saturated rings. The Morgan fingerprint density at radius 3 is 0.672 bits per heavy atom. The van der Waals surface area contributed by atoms with Gasteiger partial charge in [0.2, 0.25) is 34.2 Å². The fourth-order valence-corrected chi connectivity index (χ4v) is 11.5. The van der Waals surface area contributed by atoms with Gasteiger partial charge in [0.25, 0.3) is 0 Å². The van der Waals surface area contributed by atoms with E-state index in [4.69, 9.17) is 0 Å². The summed E-state index contributed by atoms with van der Waals surface area (Å²) in [6.45, 7) is 64.1. The van der Waals surface area contributed by atoms with E-state index < -0.39 is 0 Å². The number of hydrogen-bond acceptors (Lipinski definition) is 5. The highest BCUT2D eigenvalue weighted by atomic mass is 15.1. The average molecular weight is 852 g/mol. The molecule has 0 N–H and O–H groups in total. The van der Waals surface area contributed by atoms with Crippen molar-refractivity contribution in [2.75, 3.05) is 35.2 Å². The SMILES string of the molecule is CB1C(C)C(C)C(C)N1C.CB1C(C)C(C)C(C)N1C.CB1C(CC2B(C)N(C)C(C)C2C)C(C)C(C)N1C.CC(C)(C)C.CC(C)(C)C.CCCC1B(C)N(C)C(C)C1C. The molecular formula is C51H114B5N5. The van der Waals surface area contributed by atoms with E-state index in [-0.39, 0.29) is 0 Å². The summed E-state index contributed by atoms with van der Waals surface area (Å²) in [6, 6.07) is 3.79. The lowest BCUT2D eigenvalue weighted by Crippen LogP contribution is -2.35. The Bertz CT molecular complexity index is 983.